The van der Waals surface area contributed by atoms with Gasteiger partial charge in [-0.2, -0.15) is 0 Å². The van der Waals surface area contributed by atoms with Gasteiger partial charge in [0, 0.05) is 35.8 Å². The minimum Gasteiger partial charge on any atom is -0.493 e. The zero-order valence-corrected chi connectivity index (χ0v) is 18.8. The lowest BCUT2D eigenvalue weighted by Gasteiger charge is -2.29. The lowest BCUT2D eigenvalue weighted by Crippen LogP contribution is -2.40. The van der Waals surface area contributed by atoms with Crippen LogP contribution >= 0.6 is 0 Å². The van der Waals surface area contributed by atoms with E-state index < -0.39 is 0 Å². The molecule has 2 N–H and O–H groups in total. The van der Waals surface area contributed by atoms with Crippen LogP contribution in [-0.2, 0) is 20.7 Å². The van der Waals surface area contributed by atoms with Gasteiger partial charge in [0.25, 0.3) is 5.91 Å². The Morgan fingerprint density at radius 3 is 2.58 bits per heavy atom. The predicted molar refractivity (Wildman–Crippen MR) is 124 cm³/mol. The van der Waals surface area contributed by atoms with Gasteiger partial charge in [0.05, 0.1) is 32.8 Å². The number of amides is 1. The summed E-state index contributed by atoms with van der Waals surface area (Å²) >= 11 is 0. The molecule has 1 fully saturated rings. The fraction of sp³-hybridized carbons (Fsp3) is 0.400. The van der Waals surface area contributed by atoms with Crippen molar-refractivity contribution in [2.24, 2.45) is 5.92 Å². The number of rotatable bonds is 6. The van der Waals surface area contributed by atoms with Gasteiger partial charge in [-0.15, -0.1) is 0 Å². The van der Waals surface area contributed by atoms with Crippen molar-refractivity contribution in [1.29, 1.82) is 5.41 Å². The normalized spacial score (nSPS) is 17.5. The fourth-order valence-electron chi connectivity index (χ4n) is 4.07. The van der Waals surface area contributed by atoms with Crippen molar-refractivity contribution in [3.8, 4) is 5.75 Å². The largest absolute Gasteiger partial charge is 0.493 e. The monoisotopic (exact) mass is 451 g/mol. The number of carbonyl (C=O) groups is 2. The van der Waals surface area contributed by atoms with E-state index >= 15 is 0 Å². The molecular weight excluding hydrogens is 422 g/mol. The standard InChI is InChI=1S/C25H29N3O5/c1-2-32-23(29)14-17-13-20-15-21(7-8-22(20)33-16-17)27-25(30)19-5-3-18(4-6-19)24(26)28-9-11-31-12-10-28/h3-8,15,17,26H,2,9-14,16H2,1H3,(H,27,30)/t17-/m1/s1. The molecule has 2 aliphatic rings. The molecule has 174 valence electrons. The maximum Gasteiger partial charge on any atom is 0.306 e. The van der Waals surface area contributed by atoms with Crippen LogP contribution < -0.4 is 10.1 Å². The van der Waals surface area contributed by atoms with E-state index in [1.54, 1.807) is 31.2 Å². The molecule has 8 nitrogen and oxygen atoms in total. The first-order chi connectivity index (χ1) is 16.0. The van der Waals surface area contributed by atoms with Gasteiger partial charge in [0.1, 0.15) is 11.6 Å². The molecule has 1 saturated heterocycles. The second-order valence-electron chi connectivity index (χ2n) is 8.19. The minimum absolute atomic E-state index is 0.0526. The maximum atomic E-state index is 12.8. The zero-order valence-electron chi connectivity index (χ0n) is 18.8. The molecule has 0 aromatic heterocycles. The van der Waals surface area contributed by atoms with Crippen molar-refractivity contribution < 1.29 is 23.8 Å². The third kappa shape index (κ3) is 5.70. The van der Waals surface area contributed by atoms with Crippen molar-refractivity contribution in [1.82, 2.24) is 4.90 Å². The Kier molecular flexibility index (Phi) is 7.24. The molecule has 1 amide bonds. The van der Waals surface area contributed by atoms with E-state index in [2.05, 4.69) is 5.32 Å². The van der Waals surface area contributed by atoms with E-state index in [1.165, 1.54) is 0 Å². The third-order valence-electron chi connectivity index (χ3n) is 5.81. The van der Waals surface area contributed by atoms with Gasteiger partial charge in [0.15, 0.2) is 0 Å². The molecule has 8 heteroatoms. The number of amidine groups is 1. The molecule has 0 spiro atoms. The highest BCUT2D eigenvalue weighted by molar-refractivity contribution is 6.05. The summed E-state index contributed by atoms with van der Waals surface area (Å²) in [5.41, 5.74) is 2.92. The Morgan fingerprint density at radius 2 is 1.85 bits per heavy atom. The average molecular weight is 452 g/mol. The zero-order chi connectivity index (χ0) is 23.2. The van der Waals surface area contributed by atoms with Crippen LogP contribution in [0.2, 0.25) is 0 Å². The number of nitrogens with one attached hydrogen (secondary N) is 2. The molecule has 0 saturated carbocycles. The number of anilines is 1. The number of hydrogen-bond donors (Lipinski definition) is 2. The first-order valence-electron chi connectivity index (χ1n) is 11.3. The van der Waals surface area contributed by atoms with Gasteiger partial charge in [-0.3, -0.25) is 15.0 Å². The van der Waals surface area contributed by atoms with Crippen molar-refractivity contribution >= 4 is 23.4 Å². The molecule has 2 heterocycles. The van der Waals surface area contributed by atoms with E-state index in [1.807, 2.05) is 23.1 Å². The number of ether oxygens (including phenoxy) is 3. The molecule has 2 aromatic rings. The van der Waals surface area contributed by atoms with Crippen LogP contribution in [0.4, 0.5) is 5.69 Å². The Morgan fingerprint density at radius 1 is 1.12 bits per heavy atom. The molecule has 2 aromatic carbocycles. The predicted octanol–water partition coefficient (Wildman–Crippen LogP) is 3.10. The molecule has 1 atom stereocenters. The number of hydrogen-bond acceptors (Lipinski definition) is 6. The molecule has 0 radical (unpaired) electrons. The number of esters is 1. The van der Waals surface area contributed by atoms with Gasteiger partial charge in [-0.1, -0.05) is 12.1 Å². The van der Waals surface area contributed by atoms with E-state index in [0.29, 0.717) is 69.4 Å². The number of morpholine rings is 1. The van der Waals surface area contributed by atoms with Gasteiger partial charge >= 0.3 is 5.97 Å². The average Bonchev–Trinajstić information content (AvgIpc) is 2.84. The Hall–Kier alpha value is -3.39. The topological polar surface area (TPSA) is 101 Å². The number of benzene rings is 2. The van der Waals surface area contributed by atoms with Crippen molar-refractivity contribution in [3.63, 3.8) is 0 Å². The summed E-state index contributed by atoms with van der Waals surface area (Å²) in [7, 11) is 0. The fourth-order valence-corrected chi connectivity index (χ4v) is 4.07. The van der Waals surface area contributed by atoms with Gasteiger partial charge in [0.2, 0.25) is 0 Å². The summed E-state index contributed by atoms with van der Waals surface area (Å²) in [5, 5.41) is 11.3. The van der Waals surface area contributed by atoms with Crippen LogP contribution in [-0.4, -0.2) is 62.1 Å². The van der Waals surface area contributed by atoms with E-state index in [-0.39, 0.29) is 17.8 Å². The lowest BCUT2D eigenvalue weighted by molar-refractivity contribution is -0.144. The van der Waals surface area contributed by atoms with Crippen LogP contribution in [0.25, 0.3) is 0 Å². The van der Waals surface area contributed by atoms with E-state index in [4.69, 9.17) is 19.6 Å². The molecule has 0 bridgehead atoms. The first-order valence-corrected chi connectivity index (χ1v) is 11.3. The summed E-state index contributed by atoms with van der Waals surface area (Å²) in [4.78, 5) is 26.5. The number of nitrogens with zero attached hydrogens (tertiary/aromatic N) is 1. The molecule has 33 heavy (non-hydrogen) atoms. The molecule has 0 unspecified atom stereocenters. The number of carbonyl (C=O) groups excluding carboxylic acids is 2. The third-order valence-corrected chi connectivity index (χ3v) is 5.81. The molecule has 4 rings (SSSR count). The summed E-state index contributed by atoms with van der Waals surface area (Å²) in [6.07, 6.45) is 1.01. The first kappa shape index (κ1) is 22.8. The maximum absolute atomic E-state index is 12.8. The molecule has 0 aliphatic carbocycles. The highest BCUT2D eigenvalue weighted by Gasteiger charge is 2.23. The SMILES string of the molecule is CCOC(=O)C[C@@H]1COc2ccc(NC(=O)c3ccc(C(=N)N4CCOCC4)cc3)cc2C1. The van der Waals surface area contributed by atoms with E-state index in [9.17, 15) is 9.59 Å². The summed E-state index contributed by atoms with van der Waals surface area (Å²) in [6.45, 7) is 5.28. The van der Waals surface area contributed by atoms with Gasteiger partial charge < -0.3 is 24.4 Å². The van der Waals surface area contributed by atoms with Crippen LogP contribution in [0.1, 0.15) is 34.8 Å². The molecule has 2 aliphatic heterocycles. The highest BCUT2D eigenvalue weighted by Crippen LogP contribution is 2.31. The second kappa shape index (κ2) is 10.5. The quantitative estimate of drug-likeness (QED) is 0.398. The smallest absolute Gasteiger partial charge is 0.306 e. The summed E-state index contributed by atoms with van der Waals surface area (Å²) in [6, 6.07) is 12.6. The lowest BCUT2D eigenvalue weighted by atomic mass is 9.93. The van der Waals surface area contributed by atoms with Gasteiger partial charge in [-0.05, 0) is 49.2 Å². The minimum atomic E-state index is -0.223. The van der Waals surface area contributed by atoms with Crippen molar-refractivity contribution in [2.75, 3.05) is 44.8 Å². The van der Waals surface area contributed by atoms with Crippen molar-refractivity contribution in [3.05, 3.63) is 59.2 Å². The van der Waals surface area contributed by atoms with Crippen LogP contribution in [0.5, 0.6) is 5.75 Å². The van der Waals surface area contributed by atoms with Crippen LogP contribution in [0, 0.1) is 11.3 Å². The summed E-state index contributed by atoms with van der Waals surface area (Å²) < 4.78 is 16.2. The Bertz CT molecular complexity index is 1020. The highest BCUT2D eigenvalue weighted by atomic mass is 16.5. The van der Waals surface area contributed by atoms with Crippen LogP contribution in [0.3, 0.4) is 0 Å². The van der Waals surface area contributed by atoms with Gasteiger partial charge in [-0.25, -0.2) is 0 Å². The Labute approximate surface area is 193 Å². The van der Waals surface area contributed by atoms with Crippen molar-refractivity contribution in [2.45, 2.75) is 19.8 Å². The molecular formula is C25H29N3O5. The van der Waals surface area contributed by atoms with E-state index in [0.717, 1.165) is 16.9 Å². The number of fused-ring (bicyclic) bond motifs is 1. The Balaban J connectivity index is 1.37. The van der Waals surface area contributed by atoms with Crippen LogP contribution in [0.15, 0.2) is 42.5 Å². The second-order valence-corrected chi connectivity index (χ2v) is 8.19. The summed E-state index contributed by atoms with van der Waals surface area (Å²) in [5.74, 6) is 0.830.